The number of carbonyl (C=O) groups is 1. The lowest BCUT2D eigenvalue weighted by molar-refractivity contribution is 0.00572. The molecule has 2 unspecified atom stereocenters. The van der Waals surface area contributed by atoms with E-state index in [4.69, 9.17) is 14.5 Å². The van der Waals surface area contributed by atoms with Crippen LogP contribution >= 0.6 is 0 Å². The topological polar surface area (TPSA) is 109 Å². The van der Waals surface area contributed by atoms with Crippen molar-refractivity contribution in [3.63, 3.8) is 0 Å². The van der Waals surface area contributed by atoms with Crippen LogP contribution in [0.15, 0.2) is 55.1 Å². The van der Waals surface area contributed by atoms with Crippen LogP contribution in [-0.4, -0.2) is 69.3 Å². The molecule has 194 valence electrons. The van der Waals surface area contributed by atoms with Crippen LogP contribution in [0.1, 0.15) is 29.3 Å². The minimum Gasteiger partial charge on any atom is -0.481 e. The molecule has 0 aromatic carbocycles. The Balaban J connectivity index is 1.21. The normalized spacial score (nSPS) is 17.6. The fourth-order valence-electron chi connectivity index (χ4n) is 5.31. The van der Waals surface area contributed by atoms with Gasteiger partial charge in [0.1, 0.15) is 24.2 Å². The van der Waals surface area contributed by atoms with Crippen molar-refractivity contribution in [2.45, 2.75) is 25.4 Å². The van der Waals surface area contributed by atoms with Crippen LogP contribution in [0, 0.1) is 23.2 Å². The average molecular weight is 520 g/mol. The number of nitriles is 1. The van der Waals surface area contributed by atoms with E-state index >= 15 is 0 Å². The summed E-state index contributed by atoms with van der Waals surface area (Å²) in [5.74, 6) is 7.64. The zero-order valence-corrected chi connectivity index (χ0v) is 21.5. The molecule has 10 heteroatoms. The number of hydrogen-bond donors (Lipinski definition) is 0. The van der Waals surface area contributed by atoms with E-state index in [2.05, 4.69) is 32.9 Å². The van der Waals surface area contributed by atoms with Gasteiger partial charge in [0.25, 0.3) is 5.91 Å². The maximum atomic E-state index is 13.1. The van der Waals surface area contributed by atoms with E-state index < -0.39 is 0 Å². The number of pyridine rings is 3. The monoisotopic (exact) mass is 519 g/mol. The zero-order valence-electron chi connectivity index (χ0n) is 21.5. The van der Waals surface area contributed by atoms with Crippen LogP contribution in [0.25, 0.3) is 16.6 Å². The van der Waals surface area contributed by atoms with Crippen molar-refractivity contribution in [1.29, 1.82) is 5.26 Å². The Bertz CT molecular complexity index is 1630. The van der Waals surface area contributed by atoms with Gasteiger partial charge in [-0.05, 0) is 37.6 Å². The molecule has 3 aliphatic rings. The number of methoxy groups -OCH3 is 1. The molecule has 0 spiro atoms. The van der Waals surface area contributed by atoms with Gasteiger partial charge >= 0.3 is 0 Å². The first-order valence-electron chi connectivity index (χ1n) is 12.6. The minimum atomic E-state index is -0.000463. The van der Waals surface area contributed by atoms with Crippen molar-refractivity contribution in [2.24, 2.45) is 0 Å². The number of ether oxygens (including phenoxy) is 2. The maximum Gasteiger partial charge on any atom is 0.256 e. The first-order valence-corrected chi connectivity index (χ1v) is 12.6. The zero-order chi connectivity index (χ0) is 26.9. The number of anilines is 1. The molecule has 7 heterocycles. The lowest BCUT2D eigenvalue weighted by atomic mass is 9.86. The molecule has 7 rings (SSSR count). The molecule has 2 atom stereocenters. The largest absolute Gasteiger partial charge is 0.481 e. The predicted octanol–water partition coefficient (Wildman–Crippen LogP) is 3.18. The first-order chi connectivity index (χ1) is 19.1. The SMILES string of the molecule is CC#CCOc1cc(-c2ccc(N3CC4CC(C3)N4C(=O)c3ccc(OC)nc3)nc2)c2c(C#N)cnn2c1. The van der Waals surface area contributed by atoms with E-state index in [1.807, 2.05) is 23.1 Å². The molecular weight excluding hydrogens is 494 g/mol. The van der Waals surface area contributed by atoms with Gasteiger partial charge in [-0.15, -0.1) is 5.92 Å². The van der Waals surface area contributed by atoms with Gasteiger partial charge < -0.3 is 19.3 Å². The third-order valence-corrected chi connectivity index (χ3v) is 7.20. The Kier molecular flexibility index (Phi) is 6.22. The molecular formula is C29H25N7O3. The molecule has 4 aromatic heterocycles. The summed E-state index contributed by atoms with van der Waals surface area (Å²) in [6, 6.07) is 11.8. The highest BCUT2D eigenvalue weighted by Crippen LogP contribution is 2.36. The molecule has 3 saturated heterocycles. The molecule has 1 amide bonds. The number of piperazine rings is 1. The average Bonchev–Trinajstić information content (AvgIpc) is 3.40. The lowest BCUT2D eigenvalue weighted by Crippen LogP contribution is -2.70. The van der Waals surface area contributed by atoms with E-state index in [9.17, 15) is 10.1 Å². The van der Waals surface area contributed by atoms with Crippen LogP contribution in [0.5, 0.6) is 11.6 Å². The Morgan fingerprint density at radius 1 is 1.13 bits per heavy atom. The Morgan fingerprint density at radius 2 is 1.97 bits per heavy atom. The quantitative estimate of drug-likeness (QED) is 0.358. The molecule has 39 heavy (non-hydrogen) atoms. The minimum absolute atomic E-state index is 0.000463. The van der Waals surface area contributed by atoms with Gasteiger partial charge in [0.2, 0.25) is 5.88 Å². The summed E-state index contributed by atoms with van der Waals surface area (Å²) >= 11 is 0. The Morgan fingerprint density at radius 3 is 2.64 bits per heavy atom. The number of fused-ring (bicyclic) bond motifs is 3. The van der Waals surface area contributed by atoms with Crippen molar-refractivity contribution in [1.82, 2.24) is 24.5 Å². The summed E-state index contributed by atoms with van der Waals surface area (Å²) in [4.78, 5) is 26.2. The van der Waals surface area contributed by atoms with Crippen LogP contribution < -0.4 is 14.4 Å². The number of carbonyl (C=O) groups excluding carboxylic acids is 1. The van der Waals surface area contributed by atoms with E-state index in [0.29, 0.717) is 41.4 Å². The summed E-state index contributed by atoms with van der Waals surface area (Å²) < 4.78 is 12.5. The second-order valence-corrected chi connectivity index (χ2v) is 9.42. The number of rotatable bonds is 6. The van der Waals surface area contributed by atoms with Gasteiger partial charge in [0.15, 0.2) is 0 Å². The second-order valence-electron chi connectivity index (χ2n) is 9.42. The standard InChI is InChI=1S/C29H25N7O3/c1-3-4-9-39-24-11-25(28-21(12-30)15-33-35(28)18-24)19-5-7-26(31-13-19)34-16-22-10-23(17-34)36(22)29(37)20-6-8-27(38-2)32-14-20/h5-8,11,13-15,18,22-23H,9-10,16-17H2,1-2H3. The van der Waals surface area contributed by atoms with Crippen molar-refractivity contribution in [3.8, 4) is 40.7 Å². The molecule has 4 aromatic rings. The van der Waals surface area contributed by atoms with Crippen LogP contribution in [0.3, 0.4) is 0 Å². The number of amides is 1. The maximum absolute atomic E-state index is 13.1. The summed E-state index contributed by atoms with van der Waals surface area (Å²) in [7, 11) is 1.55. The first kappa shape index (κ1) is 24.3. The van der Waals surface area contributed by atoms with Crippen LogP contribution in [-0.2, 0) is 0 Å². The number of nitrogens with zero attached hydrogens (tertiary/aromatic N) is 7. The second kappa shape index (κ2) is 9.99. The summed E-state index contributed by atoms with van der Waals surface area (Å²) in [6.07, 6.45) is 7.65. The molecule has 0 radical (unpaired) electrons. The van der Waals surface area contributed by atoms with E-state index in [0.717, 1.165) is 23.4 Å². The summed E-state index contributed by atoms with van der Waals surface area (Å²) in [6.45, 7) is 3.45. The van der Waals surface area contributed by atoms with Gasteiger partial charge in [0.05, 0.1) is 48.2 Å². The lowest BCUT2D eigenvalue weighted by Gasteiger charge is -2.56. The number of hydrogen-bond acceptors (Lipinski definition) is 8. The number of piperidine rings is 1. The molecule has 2 bridgehead atoms. The highest BCUT2D eigenvalue weighted by Gasteiger charge is 2.47. The highest BCUT2D eigenvalue weighted by molar-refractivity contribution is 5.95. The summed E-state index contributed by atoms with van der Waals surface area (Å²) in [5, 5.41) is 14.0. The Hall–Kier alpha value is -5.09. The van der Waals surface area contributed by atoms with Crippen LogP contribution in [0.2, 0.25) is 0 Å². The molecule has 0 aliphatic carbocycles. The van der Waals surface area contributed by atoms with Crippen molar-refractivity contribution >= 4 is 17.2 Å². The fourth-order valence-corrected chi connectivity index (χ4v) is 5.31. The van der Waals surface area contributed by atoms with Gasteiger partial charge in [-0.3, -0.25) is 4.79 Å². The van der Waals surface area contributed by atoms with Gasteiger partial charge in [-0.2, -0.15) is 10.4 Å². The molecule has 3 fully saturated rings. The van der Waals surface area contributed by atoms with Gasteiger partial charge in [-0.25, -0.2) is 14.5 Å². The fraction of sp³-hybridized carbons (Fsp3) is 0.276. The molecule has 0 N–H and O–H groups in total. The molecule has 10 nitrogen and oxygen atoms in total. The van der Waals surface area contributed by atoms with Crippen molar-refractivity contribution < 1.29 is 14.3 Å². The van der Waals surface area contributed by atoms with Crippen molar-refractivity contribution in [2.75, 3.05) is 31.7 Å². The van der Waals surface area contributed by atoms with E-state index in [-0.39, 0.29) is 24.6 Å². The molecule has 0 saturated carbocycles. The van der Waals surface area contributed by atoms with Crippen LogP contribution in [0.4, 0.5) is 5.82 Å². The Labute approximate surface area is 225 Å². The third-order valence-electron chi connectivity index (χ3n) is 7.20. The smallest absolute Gasteiger partial charge is 0.256 e. The van der Waals surface area contributed by atoms with Gasteiger partial charge in [0, 0.05) is 42.7 Å². The van der Waals surface area contributed by atoms with E-state index in [1.165, 1.54) is 0 Å². The summed E-state index contributed by atoms with van der Waals surface area (Å²) in [5.41, 5.74) is 3.39. The highest BCUT2D eigenvalue weighted by atomic mass is 16.5. The number of aromatic nitrogens is 4. The van der Waals surface area contributed by atoms with Crippen molar-refractivity contribution in [3.05, 3.63) is 66.2 Å². The third kappa shape index (κ3) is 4.36. The predicted molar refractivity (Wildman–Crippen MR) is 143 cm³/mol. The van der Waals surface area contributed by atoms with Gasteiger partial charge in [-0.1, -0.05) is 5.92 Å². The molecule has 3 aliphatic heterocycles. The van der Waals surface area contributed by atoms with E-state index in [1.54, 1.807) is 55.5 Å².